The molecule has 0 bridgehead atoms. The Hall–Kier alpha value is -3.47. The van der Waals surface area contributed by atoms with Crippen LogP contribution in [0.4, 0.5) is 5.69 Å². The van der Waals surface area contributed by atoms with Crippen LogP contribution in [0.1, 0.15) is 5.69 Å². The van der Waals surface area contributed by atoms with Gasteiger partial charge in [-0.25, -0.2) is 9.48 Å². The van der Waals surface area contributed by atoms with Crippen molar-refractivity contribution in [1.29, 1.82) is 0 Å². The molecule has 0 unspecified atom stereocenters. The second-order valence-corrected chi connectivity index (χ2v) is 9.16. The first kappa shape index (κ1) is 22.7. The Morgan fingerprint density at radius 3 is 2.82 bits per heavy atom. The van der Waals surface area contributed by atoms with Gasteiger partial charge in [-0.2, -0.15) is 5.10 Å². The minimum atomic E-state index is -1.23. The topological polar surface area (TPSA) is 191 Å². The standard InChI is InChI=1S/C16H17N9O6S2/c1-7-9(25(30)31)3-17-23(7)4-10(26)18-11-13(27)24-12(15(28)29)8(5-32-14(11)24)6-33-16-19-20-21-22(16)2/h3,11,14H,4-6H2,1-2H3,(H,18,26)(H,28,29)/t11-,14-/m0/s1. The molecule has 2 aromatic heterocycles. The molecule has 2 amide bonds. The number of fused-ring (bicyclic) bond motifs is 1. The van der Waals surface area contributed by atoms with Crippen molar-refractivity contribution < 1.29 is 24.4 Å². The van der Waals surface area contributed by atoms with Crippen LogP contribution in [0.3, 0.4) is 0 Å². The zero-order chi connectivity index (χ0) is 23.9. The Balaban J connectivity index is 1.43. The van der Waals surface area contributed by atoms with Gasteiger partial charge in [-0.1, -0.05) is 11.8 Å². The molecule has 15 nitrogen and oxygen atoms in total. The molecule has 2 atom stereocenters. The van der Waals surface area contributed by atoms with E-state index in [0.29, 0.717) is 16.5 Å². The van der Waals surface area contributed by atoms with Gasteiger partial charge in [-0.15, -0.1) is 16.9 Å². The first-order chi connectivity index (χ1) is 15.7. The van der Waals surface area contributed by atoms with E-state index in [1.54, 1.807) is 7.05 Å². The van der Waals surface area contributed by atoms with Gasteiger partial charge in [0.1, 0.15) is 35.5 Å². The fourth-order valence-electron chi connectivity index (χ4n) is 3.42. The zero-order valence-corrected chi connectivity index (χ0v) is 18.9. The van der Waals surface area contributed by atoms with Crippen molar-refractivity contribution >= 4 is 47.0 Å². The molecule has 2 N–H and O–H groups in total. The third-order valence-electron chi connectivity index (χ3n) is 5.09. The number of thioether (sulfide) groups is 2. The van der Waals surface area contributed by atoms with Crippen LogP contribution in [-0.2, 0) is 28.0 Å². The molecule has 1 saturated heterocycles. The number of amides is 2. The summed E-state index contributed by atoms with van der Waals surface area (Å²) < 4.78 is 2.63. The number of aromatic nitrogens is 6. The lowest BCUT2D eigenvalue weighted by molar-refractivity contribution is -0.385. The first-order valence-corrected chi connectivity index (χ1v) is 11.4. The van der Waals surface area contributed by atoms with Crippen molar-refractivity contribution in [3.05, 3.63) is 33.3 Å². The molecule has 0 radical (unpaired) electrons. The van der Waals surface area contributed by atoms with E-state index < -0.39 is 34.1 Å². The summed E-state index contributed by atoms with van der Waals surface area (Å²) in [5, 5.41) is 38.1. The first-order valence-electron chi connectivity index (χ1n) is 9.40. The SMILES string of the molecule is Cc1c([N+](=O)[O-])cnn1CC(=O)N[C@H]1C(=O)N2C(C(=O)O)=C(CSc3nnnn3C)CS[C@@H]12. The van der Waals surface area contributed by atoms with Crippen molar-refractivity contribution in [2.45, 2.75) is 30.0 Å². The van der Waals surface area contributed by atoms with Crippen LogP contribution in [-0.4, -0.2) is 85.6 Å². The average Bonchev–Trinajstić information content (AvgIpc) is 3.34. The van der Waals surface area contributed by atoms with Crippen LogP contribution in [0.5, 0.6) is 0 Å². The average molecular weight is 496 g/mol. The molecule has 1 fully saturated rings. The highest BCUT2D eigenvalue weighted by Gasteiger charge is 2.54. The number of rotatable bonds is 8. The number of carbonyl (C=O) groups excluding carboxylic acids is 2. The third-order valence-corrected chi connectivity index (χ3v) is 7.53. The highest BCUT2D eigenvalue weighted by Crippen LogP contribution is 2.41. The van der Waals surface area contributed by atoms with Crippen LogP contribution >= 0.6 is 23.5 Å². The quantitative estimate of drug-likeness (QED) is 0.200. The second-order valence-electron chi connectivity index (χ2n) is 7.12. The lowest BCUT2D eigenvalue weighted by Crippen LogP contribution is -2.70. The monoisotopic (exact) mass is 495 g/mol. The molecule has 2 aliphatic rings. The number of aliphatic carboxylic acids is 1. The maximum absolute atomic E-state index is 12.7. The fourth-order valence-corrected chi connectivity index (χ4v) is 5.75. The Kier molecular flexibility index (Phi) is 6.07. The number of hydrogen-bond acceptors (Lipinski definition) is 11. The molecule has 0 saturated carbocycles. The maximum atomic E-state index is 12.7. The molecule has 0 aromatic carbocycles. The number of nitrogens with one attached hydrogen (secondary N) is 1. The van der Waals surface area contributed by atoms with E-state index in [-0.39, 0.29) is 29.4 Å². The van der Waals surface area contributed by atoms with Crippen LogP contribution in [0.2, 0.25) is 0 Å². The molecular formula is C16H17N9O6S2. The summed E-state index contributed by atoms with van der Waals surface area (Å²) in [4.78, 5) is 48.6. The normalized spacial score (nSPS) is 19.8. The number of carboxylic acids is 1. The molecule has 2 aromatic rings. The van der Waals surface area contributed by atoms with Crippen LogP contribution in [0.25, 0.3) is 0 Å². The number of hydrogen-bond donors (Lipinski definition) is 2. The van der Waals surface area contributed by atoms with E-state index in [1.165, 1.54) is 44.7 Å². The molecular weight excluding hydrogens is 478 g/mol. The van der Waals surface area contributed by atoms with Crippen LogP contribution in [0.15, 0.2) is 22.6 Å². The number of nitro groups is 1. The summed E-state index contributed by atoms with van der Waals surface area (Å²) >= 11 is 2.60. The maximum Gasteiger partial charge on any atom is 0.352 e. The molecule has 33 heavy (non-hydrogen) atoms. The minimum Gasteiger partial charge on any atom is -0.477 e. The zero-order valence-electron chi connectivity index (χ0n) is 17.2. The summed E-state index contributed by atoms with van der Waals surface area (Å²) in [5.74, 6) is -1.70. The second kappa shape index (κ2) is 8.81. The predicted molar refractivity (Wildman–Crippen MR) is 113 cm³/mol. The van der Waals surface area contributed by atoms with Gasteiger partial charge in [0.2, 0.25) is 11.1 Å². The summed E-state index contributed by atoms with van der Waals surface area (Å²) in [6.07, 6.45) is 1.05. The van der Waals surface area contributed by atoms with Crippen molar-refractivity contribution in [3.63, 3.8) is 0 Å². The number of carboxylic acid groups (broad SMARTS) is 1. The third kappa shape index (κ3) is 4.15. The summed E-state index contributed by atoms with van der Waals surface area (Å²) in [5.41, 5.74) is 0.445. The predicted octanol–water partition coefficient (Wildman–Crippen LogP) is -0.846. The van der Waals surface area contributed by atoms with E-state index in [4.69, 9.17) is 0 Å². The van der Waals surface area contributed by atoms with Crippen LogP contribution < -0.4 is 5.32 Å². The number of β-lactam (4-membered cyclic amide) rings is 1. The van der Waals surface area contributed by atoms with Gasteiger partial charge < -0.3 is 10.4 Å². The van der Waals surface area contributed by atoms with Gasteiger partial charge in [0.05, 0.1) is 4.92 Å². The Labute approximate surface area is 193 Å². The molecule has 4 rings (SSSR count). The lowest BCUT2D eigenvalue weighted by Gasteiger charge is -2.49. The highest BCUT2D eigenvalue weighted by atomic mass is 32.2. The number of aryl methyl sites for hydroxylation is 1. The molecule has 4 heterocycles. The molecule has 2 aliphatic heterocycles. The number of tetrazole rings is 1. The summed E-state index contributed by atoms with van der Waals surface area (Å²) in [7, 11) is 1.66. The largest absolute Gasteiger partial charge is 0.477 e. The van der Waals surface area contributed by atoms with Gasteiger partial charge in [0, 0.05) is 18.6 Å². The smallest absolute Gasteiger partial charge is 0.352 e. The lowest BCUT2D eigenvalue weighted by atomic mass is 10.0. The van der Waals surface area contributed by atoms with Gasteiger partial charge >= 0.3 is 11.7 Å². The summed E-state index contributed by atoms with van der Waals surface area (Å²) in [6.45, 7) is 1.16. The van der Waals surface area contributed by atoms with Crippen molar-refractivity contribution in [3.8, 4) is 0 Å². The number of carbonyl (C=O) groups is 3. The highest BCUT2D eigenvalue weighted by molar-refractivity contribution is 8.01. The number of nitrogens with zero attached hydrogens (tertiary/aromatic N) is 8. The van der Waals surface area contributed by atoms with Crippen molar-refractivity contribution in [2.75, 3.05) is 11.5 Å². The van der Waals surface area contributed by atoms with E-state index in [0.717, 1.165) is 6.20 Å². The van der Waals surface area contributed by atoms with Gasteiger partial charge in [0.15, 0.2) is 0 Å². The Morgan fingerprint density at radius 2 is 2.21 bits per heavy atom. The molecule has 0 spiro atoms. The van der Waals surface area contributed by atoms with E-state index in [9.17, 15) is 29.6 Å². The van der Waals surface area contributed by atoms with Crippen LogP contribution in [0, 0.1) is 17.0 Å². The fraction of sp³-hybridized carbons (Fsp3) is 0.438. The van der Waals surface area contributed by atoms with E-state index >= 15 is 0 Å². The molecule has 17 heteroatoms. The molecule has 0 aliphatic carbocycles. The minimum absolute atomic E-state index is 0.101. The Morgan fingerprint density at radius 1 is 1.45 bits per heavy atom. The van der Waals surface area contributed by atoms with E-state index in [2.05, 4.69) is 25.9 Å². The van der Waals surface area contributed by atoms with Gasteiger partial charge in [-0.05, 0) is 22.9 Å². The summed E-state index contributed by atoms with van der Waals surface area (Å²) in [6, 6.07) is -0.903. The van der Waals surface area contributed by atoms with Crippen molar-refractivity contribution in [2.24, 2.45) is 7.05 Å². The van der Waals surface area contributed by atoms with Gasteiger partial charge in [0.25, 0.3) is 5.91 Å². The van der Waals surface area contributed by atoms with Crippen molar-refractivity contribution in [1.82, 2.24) is 40.2 Å². The molecule has 174 valence electrons. The Bertz CT molecular complexity index is 1190. The van der Waals surface area contributed by atoms with E-state index in [1.807, 2.05) is 0 Å². The van der Waals surface area contributed by atoms with Gasteiger partial charge in [-0.3, -0.25) is 29.3 Å².